The van der Waals surface area contributed by atoms with E-state index in [0.717, 1.165) is 46.6 Å². The Morgan fingerprint density at radius 1 is 1.07 bits per heavy atom. The molecule has 0 aromatic heterocycles. The highest BCUT2D eigenvalue weighted by Gasteiger charge is 2.53. The molecule has 1 N–H and O–H groups in total. The first-order valence-corrected chi connectivity index (χ1v) is 10.9. The van der Waals surface area contributed by atoms with Gasteiger partial charge in [-0.2, -0.15) is 0 Å². The second kappa shape index (κ2) is 8.05. The zero-order valence-electron chi connectivity index (χ0n) is 16.4. The minimum absolute atomic E-state index is 0.466. The van der Waals surface area contributed by atoms with Crippen LogP contribution in [0.3, 0.4) is 0 Å². The molecular formula is C22H27N2O3S+. The van der Waals surface area contributed by atoms with Gasteiger partial charge in [0.2, 0.25) is 0 Å². The number of hydrogen-bond donors (Lipinski definition) is 1. The van der Waals surface area contributed by atoms with Crippen molar-refractivity contribution < 1.29 is 19.2 Å². The lowest BCUT2D eigenvalue weighted by atomic mass is 10.0. The molecule has 0 fully saturated rings. The van der Waals surface area contributed by atoms with Gasteiger partial charge in [0, 0.05) is 11.3 Å². The van der Waals surface area contributed by atoms with Gasteiger partial charge in [-0.1, -0.05) is 12.1 Å². The third-order valence-electron chi connectivity index (χ3n) is 5.13. The Hall–Kier alpha value is -2.18. The van der Waals surface area contributed by atoms with Crippen LogP contribution in [0, 0.1) is 0 Å². The third kappa shape index (κ3) is 3.35. The number of nitrogens with zero attached hydrogens (tertiary/aromatic N) is 2. The number of benzene rings is 2. The molecule has 2 aromatic rings. The largest absolute Gasteiger partial charge is 0.494 e. The molecule has 2 aliphatic rings. The average molecular weight is 400 g/mol. The topological polar surface area (TPSA) is 44.9 Å². The Kier molecular flexibility index (Phi) is 5.51. The highest BCUT2D eigenvalue weighted by atomic mass is 32.2. The summed E-state index contributed by atoms with van der Waals surface area (Å²) in [4.78, 5) is 2.20. The van der Waals surface area contributed by atoms with Gasteiger partial charge in [0.1, 0.15) is 5.75 Å². The molecule has 0 radical (unpaired) electrons. The van der Waals surface area contributed by atoms with Crippen molar-refractivity contribution in [1.82, 2.24) is 0 Å². The Labute approximate surface area is 170 Å². The molecule has 0 bridgehead atoms. The van der Waals surface area contributed by atoms with Gasteiger partial charge in [-0.25, -0.2) is 9.48 Å². The third-order valence-corrected chi connectivity index (χ3v) is 6.32. The van der Waals surface area contributed by atoms with Crippen molar-refractivity contribution in [1.29, 1.82) is 0 Å². The fourth-order valence-electron chi connectivity index (χ4n) is 3.88. The van der Waals surface area contributed by atoms with Crippen LogP contribution in [0.25, 0.3) is 0 Å². The van der Waals surface area contributed by atoms with E-state index in [0.29, 0.717) is 19.8 Å². The molecule has 2 aliphatic heterocycles. The van der Waals surface area contributed by atoms with Crippen LogP contribution in [0.5, 0.6) is 11.5 Å². The second-order valence-electron chi connectivity index (χ2n) is 6.90. The van der Waals surface area contributed by atoms with Gasteiger partial charge in [0.15, 0.2) is 18.0 Å². The van der Waals surface area contributed by atoms with Crippen molar-refractivity contribution >= 4 is 22.6 Å². The number of β-amino-alcohol motifs (C(OH)–C–C–N with tert-alkyl or cyclic N) is 1. The molecule has 0 spiro atoms. The van der Waals surface area contributed by atoms with Crippen molar-refractivity contribution in [2.45, 2.75) is 26.0 Å². The summed E-state index contributed by atoms with van der Waals surface area (Å²) in [5.74, 6) is 2.72. The first kappa shape index (κ1) is 19.2. The van der Waals surface area contributed by atoms with E-state index in [4.69, 9.17) is 9.47 Å². The fraction of sp³-hybridized carbons (Fsp3) is 0.409. The lowest BCUT2D eigenvalue weighted by molar-refractivity contribution is -0.656. The van der Waals surface area contributed by atoms with Gasteiger partial charge in [0.05, 0.1) is 19.8 Å². The zero-order chi connectivity index (χ0) is 19.6. The number of ether oxygens (including phenoxy) is 2. The van der Waals surface area contributed by atoms with Crippen LogP contribution in [-0.2, 0) is 5.72 Å². The monoisotopic (exact) mass is 399 g/mol. The van der Waals surface area contributed by atoms with Crippen molar-refractivity contribution in [3.8, 4) is 11.5 Å². The number of para-hydroxylation sites is 2. The molecule has 1 atom stereocenters. The molecule has 28 heavy (non-hydrogen) atoms. The first-order valence-electron chi connectivity index (χ1n) is 9.90. The summed E-state index contributed by atoms with van der Waals surface area (Å²) < 4.78 is 13.6. The van der Waals surface area contributed by atoms with Gasteiger partial charge >= 0.3 is 5.17 Å². The van der Waals surface area contributed by atoms with E-state index in [-0.39, 0.29) is 0 Å². The van der Waals surface area contributed by atoms with E-state index in [9.17, 15) is 5.11 Å². The molecule has 0 saturated carbocycles. The Bertz CT molecular complexity index is 868. The summed E-state index contributed by atoms with van der Waals surface area (Å²) in [6.45, 7) is 6.50. The molecule has 2 heterocycles. The molecule has 5 nitrogen and oxygen atoms in total. The molecule has 0 saturated heterocycles. The zero-order valence-corrected chi connectivity index (χ0v) is 17.2. The molecular weight excluding hydrogens is 372 g/mol. The fourth-order valence-corrected chi connectivity index (χ4v) is 5.05. The van der Waals surface area contributed by atoms with Crippen molar-refractivity contribution in [2.24, 2.45) is 0 Å². The molecule has 2 aromatic carbocycles. The molecule has 0 amide bonds. The lowest BCUT2D eigenvalue weighted by Gasteiger charge is -2.24. The minimum Gasteiger partial charge on any atom is -0.494 e. The number of amidine groups is 1. The van der Waals surface area contributed by atoms with Gasteiger partial charge in [-0.05, 0) is 68.4 Å². The van der Waals surface area contributed by atoms with Crippen molar-refractivity contribution in [2.75, 3.05) is 37.0 Å². The first-order chi connectivity index (χ1) is 13.7. The van der Waals surface area contributed by atoms with Gasteiger partial charge in [0.25, 0.3) is 5.72 Å². The lowest BCUT2D eigenvalue weighted by Crippen LogP contribution is -2.41. The number of rotatable bonds is 6. The predicted molar refractivity (Wildman–Crippen MR) is 114 cm³/mol. The van der Waals surface area contributed by atoms with Crippen LogP contribution in [-0.4, -0.2) is 46.9 Å². The van der Waals surface area contributed by atoms with E-state index in [2.05, 4.69) is 15.5 Å². The minimum atomic E-state index is -1.08. The van der Waals surface area contributed by atoms with E-state index in [1.807, 2.05) is 56.3 Å². The van der Waals surface area contributed by atoms with Crippen LogP contribution >= 0.6 is 11.8 Å². The van der Waals surface area contributed by atoms with E-state index in [1.165, 1.54) is 0 Å². The molecule has 0 unspecified atom stereocenters. The number of hydrogen-bond acceptors (Lipinski definition) is 5. The second-order valence-corrected chi connectivity index (χ2v) is 7.96. The molecule has 148 valence electrons. The summed E-state index contributed by atoms with van der Waals surface area (Å²) in [5.41, 5.74) is 0.806. The normalized spacial score (nSPS) is 21.6. The Morgan fingerprint density at radius 2 is 1.82 bits per heavy atom. The summed E-state index contributed by atoms with van der Waals surface area (Å²) in [6, 6.07) is 15.9. The smallest absolute Gasteiger partial charge is 0.316 e. The molecule has 0 aliphatic carbocycles. The van der Waals surface area contributed by atoms with E-state index < -0.39 is 5.72 Å². The van der Waals surface area contributed by atoms with Gasteiger partial charge in [-0.3, -0.25) is 0 Å². The summed E-state index contributed by atoms with van der Waals surface area (Å²) >= 11 is 1.80. The predicted octanol–water partition coefficient (Wildman–Crippen LogP) is 3.65. The summed E-state index contributed by atoms with van der Waals surface area (Å²) in [6.07, 6.45) is 1.05. The van der Waals surface area contributed by atoms with Crippen molar-refractivity contribution in [3.05, 3.63) is 54.1 Å². The van der Waals surface area contributed by atoms with E-state index >= 15 is 0 Å². The van der Waals surface area contributed by atoms with Gasteiger partial charge < -0.3 is 14.6 Å². The SMILES string of the molecule is CCOc1ccc([C@]2(O)CN(c3ccccc3OCC)C3=[N+]2CCCS3)cc1. The van der Waals surface area contributed by atoms with Crippen molar-refractivity contribution in [3.63, 3.8) is 0 Å². The summed E-state index contributed by atoms with van der Waals surface area (Å²) in [5, 5.41) is 12.9. The van der Waals surface area contributed by atoms with Gasteiger partial charge in [-0.15, -0.1) is 0 Å². The maximum Gasteiger partial charge on any atom is 0.316 e. The molecule has 6 heteroatoms. The Balaban J connectivity index is 1.74. The van der Waals surface area contributed by atoms with E-state index in [1.54, 1.807) is 11.8 Å². The number of aliphatic hydroxyl groups is 1. The van der Waals surface area contributed by atoms with Crippen LogP contribution in [0.4, 0.5) is 5.69 Å². The standard InChI is InChI=1S/C22H27N2O3S/c1-3-26-18-12-10-17(11-13-18)22(25)16-23(21-24(22)14-7-15-28-21)19-8-5-6-9-20(19)27-4-2/h5-6,8-13,25H,3-4,7,14-16H2,1-2H3/q+1/t22-/m1/s1. The summed E-state index contributed by atoms with van der Waals surface area (Å²) in [7, 11) is 0. The van der Waals surface area contributed by atoms with Crippen LogP contribution in [0.2, 0.25) is 0 Å². The highest BCUT2D eigenvalue weighted by Crippen LogP contribution is 2.40. The average Bonchev–Trinajstić information content (AvgIpc) is 3.04. The number of anilines is 1. The van der Waals surface area contributed by atoms with Crippen LogP contribution in [0.1, 0.15) is 25.8 Å². The van der Waals surface area contributed by atoms with Crippen LogP contribution in [0.15, 0.2) is 48.5 Å². The maximum atomic E-state index is 11.8. The quantitative estimate of drug-likeness (QED) is 0.751. The molecule has 4 rings (SSSR count). The van der Waals surface area contributed by atoms with Crippen LogP contribution < -0.4 is 14.4 Å². The number of thioether (sulfide) groups is 1. The maximum absolute atomic E-state index is 11.8. The Morgan fingerprint density at radius 3 is 2.57 bits per heavy atom. The highest BCUT2D eigenvalue weighted by molar-refractivity contribution is 8.13.